The monoisotopic (exact) mass is 501 g/mol. The van der Waals surface area contributed by atoms with Crippen molar-refractivity contribution in [3.63, 3.8) is 0 Å². The molecule has 0 bridgehead atoms. The molecule has 1 N–H and O–H groups in total. The lowest BCUT2D eigenvalue weighted by molar-refractivity contribution is -0.159. The molecule has 1 fully saturated rings. The van der Waals surface area contributed by atoms with Crippen molar-refractivity contribution < 1.29 is 28.2 Å². The predicted molar refractivity (Wildman–Crippen MR) is 135 cm³/mol. The largest absolute Gasteiger partial charge is 0.493 e. The van der Waals surface area contributed by atoms with Crippen LogP contribution in [-0.2, 0) is 22.6 Å². The van der Waals surface area contributed by atoms with E-state index in [1.165, 1.54) is 0 Å². The number of H-pyrrole nitrogens is 1. The van der Waals surface area contributed by atoms with Crippen LogP contribution in [0, 0.1) is 0 Å². The standard InChI is InChI=1S/C28H27N3O6/c1-34-22-11-16(12-23(35-2)27(22)36-3)26-25-19(18-8-4-5-9-20(18)29-25)13-21-28(33)30(15-24(32)31(21)26)14-17-7-6-10-37-17/h4-12,21,26,29H,13-15H2,1-3H3/t21-,26+/m1/s1. The molecule has 0 spiro atoms. The first-order chi connectivity index (χ1) is 18.0. The fourth-order valence-electron chi connectivity index (χ4n) is 5.65. The molecule has 0 radical (unpaired) electrons. The zero-order valence-corrected chi connectivity index (χ0v) is 20.8. The second-order valence-corrected chi connectivity index (χ2v) is 9.22. The molecular formula is C28H27N3O6. The molecular weight excluding hydrogens is 474 g/mol. The number of piperazine rings is 1. The van der Waals surface area contributed by atoms with Crippen LogP contribution in [0.1, 0.15) is 28.6 Å². The van der Waals surface area contributed by atoms with E-state index in [1.54, 1.807) is 43.5 Å². The van der Waals surface area contributed by atoms with E-state index in [9.17, 15) is 9.59 Å². The molecule has 4 heterocycles. The summed E-state index contributed by atoms with van der Waals surface area (Å²) in [6, 6.07) is 14.1. The molecule has 6 rings (SSSR count). The Morgan fingerprint density at radius 1 is 1.00 bits per heavy atom. The van der Waals surface area contributed by atoms with Gasteiger partial charge in [0.1, 0.15) is 18.3 Å². The number of para-hydroxylation sites is 1. The highest BCUT2D eigenvalue weighted by Crippen LogP contribution is 2.47. The Bertz CT molecular complexity index is 1470. The summed E-state index contributed by atoms with van der Waals surface area (Å²) in [4.78, 5) is 34.4. The fraction of sp³-hybridized carbons (Fsp3) is 0.286. The van der Waals surface area contributed by atoms with Crippen molar-refractivity contribution in [1.29, 1.82) is 0 Å². The Morgan fingerprint density at radius 3 is 2.43 bits per heavy atom. The first-order valence-corrected chi connectivity index (χ1v) is 12.1. The number of carbonyl (C=O) groups is 2. The van der Waals surface area contributed by atoms with Gasteiger partial charge in [-0.1, -0.05) is 18.2 Å². The van der Waals surface area contributed by atoms with E-state index in [0.717, 1.165) is 27.7 Å². The Kier molecular flexibility index (Phi) is 5.55. The van der Waals surface area contributed by atoms with Gasteiger partial charge in [0.15, 0.2) is 11.5 Å². The van der Waals surface area contributed by atoms with Crippen LogP contribution < -0.4 is 14.2 Å². The molecule has 9 heteroatoms. The van der Waals surface area contributed by atoms with Crippen LogP contribution in [-0.4, -0.2) is 60.5 Å². The number of rotatable bonds is 6. The maximum atomic E-state index is 13.8. The summed E-state index contributed by atoms with van der Waals surface area (Å²) in [5.41, 5.74) is 3.62. The van der Waals surface area contributed by atoms with Gasteiger partial charge in [-0.15, -0.1) is 0 Å². The van der Waals surface area contributed by atoms with E-state index in [-0.39, 0.29) is 24.9 Å². The maximum Gasteiger partial charge on any atom is 0.246 e. The van der Waals surface area contributed by atoms with E-state index in [4.69, 9.17) is 18.6 Å². The van der Waals surface area contributed by atoms with Crippen molar-refractivity contribution in [2.75, 3.05) is 27.9 Å². The molecule has 2 aromatic heterocycles. The minimum Gasteiger partial charge on any atom is -0.493 e. The number of nitrogens with one attached hydrogen (secondary N) is 1. The van der Waals surface area contributed by atoms with E-state index < -0.39 is 12.1 Å². The molecule has 1 saturated heterocycles. The SMILES string of the molecule is COc1cc([C@H]2c3[nH]c4ccccc4c3C[C@@H]3C(=O)N(Cc4ccco4)CC(=O)N23)cc(OC)c1OC. The van der Waals surface area contributed by atoms with Gasteiger partial charge < -0.3 is 33.4 Å². The number of furan rings is 1. The Morgan fingerprint density at radius 2 is 1.76 bits per heavy atom. The first-order valence-electron chi connectivity index (χ1n) is 12.1. The number of carbonyl (C=O) groups excluding carboxylic acids is 2. The minimum absolute atomic E-state index is 0.0352. The number of fused-ring (bicyclic) bond motifs is 4. The number of methoxy groups -OCH3 is 3. The van der Waals surface area contributed by atoms with Gasteiger partial charge in [-0.05, 0) is 41.5 Å². The van der Waals surface area contributed by atoms with Gasteiger partial charge in [-0.25, -0.2) is 0 Å². The Hall–Kier alpha value is -4.40. The summed E-state index contributed by atoms with van der Waals surface area (Å²) < 4.78 is 22.2. The normalized spacial score (nSPS) is 19.1. The van der Waals surface area contributed by atoms with Crippen LogP contribution in [0.25, 0.3) is 10.9 Å². The van der Waals surface area contributed by atoms with E-state index >= 15 is 0 Å². The molecule has 9 nitrogen and oxygen atoms in total. The van der Waals surface area contributed by atoms with E-state index in [1.807, 2.05) is 42.5 Å². The summed E-state index contributed by atoms with van der Waals surface area (Å²) in [5.74, 6) is 1.81. The highest BCUT2D eigenvalue weighted by atomic mass is 16.5. The zero-order valence-electron chi connectivity index (χ0n) is 20.8. The van der Waals surface area contributed by atoms with Gasteiger partial charge in [-0.2, -0.15) is 0 Å². The van der Waals surface area contributed by atoms with Gasteiger partial charge >= 0.3 is 0 Å². The molecule has 2 amide bonds. The molecule has 4 aromatic rings. The topological polar surface area (TPSA) is 97.2 Å². The number of benzene rings is 2. The summed E-state index contributed by atoms with van der Waals surface area (Å²) >= 11 is 0. The third-order valence-corrected chi connectivity index (χ3v) is 7.27. The quantitative estimate of drug-likeness (QED) is 0.433. The molecule has 2 aliphatic rings. The number of ether oxygens (including phenoxy) is 3. The van der Waals surface area contributed by atoms with Crippen LogP contribution in [0.15, 0.2) is 59.2 Å². The summed E-state index contributed by atoms with van der Waals surface area (Å²) in [6.45, 7) is 0.212. The van der Waals surface area contributed by atoms with Crippen molar-refractivity contribution in [1.82, 2.24) is 14.8 Å². The Labute approximate surface area is 213 Å². The van der Waals surface area contributed by atoms with Crippen molar-refractivity contribution in [3.8, 4) is 17.2 Å². The van der Waals surface area contributed by atoms with Crippen molar-refractivity contribution in [2.24, 2.45) is 0 Å². The molecule has 190 valence electrons. The molecule has 2 aliphatic heterocycles. The number of hydrogen-bond acceptors (Lipinski definition) is 6. The highest BCUT2D eigenvalue weighted by Gasteiger charge is 2.48. The third-order valence-electron chi connectivity index (χ3n) is 7.27. The van der Waals surface area contributed by atoms with Crippen LogP contribution in [0.5, 0.6) is 17.2 Å². The minimum atomic E-state index is -0.660. The van der Waals surface area contributed by atoms with E-state index in [2.05, 4.69) is 4.98 Å². The van der Waals surface area contributed by atoms with Gasteiger partial charge in [0, 0.05) is 23.0 Å². The summed E-state index contributed by atoms with van der Waals surface area (Å²) in [5, 5.41) is 1.04. The molecule has 0 aliphatic carbocycles. The fourth-order valence-corrected chi connectivity index (χ4v) is 5.65. The molecule has 37 heavy (non-hydrogen) atoms. The van der Waals surface area contributed by atoms with Crippen LogP contribution in [0.4, 0.5) is 0 Å². The average Bonchev–Trinajstić information content (AvgIpc) is 3.57. The lowest BCUT2D eigenvalue weighted by Gasteiger charge is -2.47. The number of aromatic nitrogens is 1. The number of hydrogen-bond donors (Lipinski definition) is 1. The smallest absolute Gasteiger partial charge is 0.246 e. The average molecular weight is 502 g/mol. The number of nitrogens with zero attached hydrogens (tertiary/aromatic N) is 2. The third kappa shape index (κ3) is 3.61. The summed E-state index contributed by atoms with van der Waals surface area (Å²) in [7, 11) is 4.66. The molecule has 0 saturated carbocycles. The predicted octanol–water partition coefficient (Wildman–Crippen LogP) is 3.67. The molecule has 2 atom stereocenters. The van der Waals surface area contributed by atoms with Crippen LogP contribution in [0.3, 0.4) is 0 Å². The van der Waals surface area contributed by atoms with Crippen molar-refractivity contribution >= 4 is 22.7 Å². The number of amides is 2. The zero-order chi connectivity index (χ0) is 25.7. The summed E-state index contributed by atoms with van der Waals surface area (Å²) in [6.07, 6.45) is 1.98. The Balaban J connectivity index is 1.52. The van der Waals surface area contributed by atoms with Gasteiger partial charge in [-0.3, -0.25) is 9.59 Å². The first kappa shape index (κ1) is 23.0. The van der Waals surface area contributed by atoms with Crippen molar-refractivity contribution in [2.45, 2.75) is 25.0 Å². The van der Waals surface area contributed by atoms with E-state index in [0.29, 0.717) is 29.4 Å². The van der Waals surface area contributed by atoms with Gasteiger partial charge in [0.25, 0.3) is 0 Å². The maximum absolute atomic E-state index is 13.8. The van der Waals surface area contributed by atoms with Crippen LogP contribution >= 0.6 is 0 Å². The van der Waals surface area contributed by atoms with Crippen LogP contribution in [0.2, 0.25) is 0 Å². The van der Waals surface area contributed by atoms with Gasteiger partial charge in [0.2, 0.25) is 17.6 Å². The second kappa shape index (κ2) is 8.92. The molecule has 2 aromatic carbocycles. The second-order valence-electron chi connectivity index (χ2n) is 9.22. The lowest BCUT2D eigenvalue weighted by Crippen LogP contribution is -2.62. The molecule has 0 unspecified atom stereocenters. The number of aromatic amines is 1. The van der Waals surface area contributed by atoms with Crippen molar-refractivity contribution in [3.05, 3.63) is 77.4 Å². The lowest BCUT2D eigenvalue weighted by atomic mass is 9.86. The highest BCUT2D eigenvalue weighted by molar-refractivity contribution is 5.97. The van der Waals surface area contributed by atoms with Gasteiger partial charge in [0.05, 0.1) is 40.2 Å².